The second kappa shape index (κ2) is 5.41. The predicted molar refractivity (Wildman–Crippen MR) is 80.9 cm³/mol. The first-order valence-electron chi connectivity index (χ1n) is 6.12. The second-order valence-corrected chi connectivity index (χ2v) is 7.37. The van der Waals surface area contributed by atoms with Crippen molar-refractivity contribution in [3.8, 4) is 11.5 Å². The summed E-state index contributed by atoms with van der Waals surface area (Å²) in [5, 5.41) is 0. The molecular formula is C14H18Br2O2. The Morgan fingerprint density at radius 3 is 2.22 bits per heavy atom. The molecule has 0 amide bonds. The predicted octanol–water partition coefficient (Wildman–Crippen LogP) is 5.09. The minimum atomic E-state index is 0.141. The van der Waals surface area contributed by atoms with E-state index in [1.165, 1.54) is 5.56 Å². The number of ether oxygens (including phenoxy) is 2. The average Bonchev–Trinajstić information content (AvgIpc) is 2.50. The van der Waals surface area contributed by atoms with Gasteiger partial charge in [-0.15, -0.1) is 0 Å². The largest absolute Gasteiger partial charge is 0.490 e. The molecule has 0 aromatic heterocycles. The monoisotopic (exact) mass is 376 g/mol. The molecule has 1 unspecified atom stereocenters. The van der Waals surface area contributed by atoms with Crippen LogP contribution in [0.4, 0.5) is 0 Å². The van der Waals surface area contributed by atoms with E-state index in [0.717, 1.165) is 35.6 Å². The van der Waals surface area contributed by atoms with Crippen LogP contribution in [0.5, 0.6) is 11.5 Å². The molecule has 0 spiro atoms. The molecule has 0 bridgehead atoms. The van der Waals surface area contributed by atoms with Gasteiger partial charge in [0.05, 0.1) is 13.2 Å². The molecule has 2 nitrogen and oxygen atoms in total. The van der Waals surface area contributed by atoms with Gasteiger partial charge in [0.2, 0.25) is 0 Å². The summed E-state index contributed by atoms with van der Waals surface area (Å²) in [7, 11) is 0. The lowest BCUT2D eigenvalue weighted by atomic mass is 9.88. The van der Waals surface area contributed by atoms with E-state index in [-0.39, 0.29) is 10.2 Å². The van der Waals surface area contributed by atoms with Crippen molar-refractivity contribution in [2.75, 3.05) is 13.2 Å². The second-order valence-electron chi connectivity index (χ2n) is 5.60. The van der Waals surface area contributed by atoms with Crippen LogP contribution >= 0.6 is 31.9 Å². The summed E-state index contributed by atoms with van der Waals surface area (Å²) in [4.78, 5) is 0.261. The Kier molecular flexibility index (Phi) is 4.27. The van der Waals surface area contributed by atoms with E-state index in [9.17, 15) is 0 Å². The molecule has 1 aliphatic rings. The van der Waals surface area contributed by atoms with Crippen molar-refractivity contribution < 1.29 is 9.47 Å². The van der Waals surface area contributed by atoms with E-state index in [1.807, 2.05) is 6.07 Å². The lowest BCUT2D eigenvalue weighted by Gasteiger charge is -2.27. The first-order chi connectivity index (χ1) is 8.39. The number of halogens is 2. The average molecular weight is 378 g/mol. The van der Waals surface area contributed by atoms with Gasteiger partial charge in [-0.25, -0.2) is 0 Å². The van der Waals surface area contributed by atoms with E-state index in [2.05, 4.69) is 58.7 Å². The van der Waals surface area contributed by atoms with Gasteiger partial charge in [0.25, 0.3) is 0 Å². The van der Waals surface area contributed by atoms with E-state index in [1.54, 1.807) is 0 Å². The van der Waals surface area contributed by atoms with Crippen LogP contribution in [0.15, 0.2) is 16.6 Å². The van der Waals surface area contributed by atoms with E-state index >= 15 is 0 Å². The van der Waals surface area contributed by atoms with Crippen LogP contribution in [0, 0.1) is 5.41 Å². The van der Waals surface area contributed by atoms with Crippen LogP contribution in [0.25, 0.3) is 0 Å². The van der Waals surface area contributed by atoms with Gasteiger partial charge < -0.3 is 9.47 Å². The smallest absolute Gasteiger partial charge is 0.162 e. The Morgan fingerprint density at radius 2 is 1.67 bits per heavy atom. The zero-order valence-electron chi connectivity index (χ0n) is 10.9. The molecular weight excluding hydrogens is 360 g/mol. The van der Waals surface area contributed by atoms with Gasteiger partial charge in [-0.2, -0.15) is 0 Å². The summed E-state index contributed by atoms with van der Waals surface area (Å²) < 4.78 is 12.5. The van der Waals surface area contributed by atoms with Gasteiger partial charge >= 0.3 is 0 Å². The summed E-state index contributed by atoms with van der Waals surface area (Å²) >= 11 is 7.41. The Hall–Kier alpha value is -0.220. The summed E-state index contributed by atoms with van der Waals surface area (Å²) in [5.74, 6) is 1.68. The van der Waals surface area contributed by atoms with E-state index in [0.29, 0.717) is 0 Å². The Balaban J connectivity index is 2.41. The Morgan fingerprint density at radius 1 is 1.11 bits per heavy atom. The normalized spacial score (nSPS) is 17.2. The number of hydrogen-bond acceptors (Lipinski definition) is 2. The van der Waals surface area contributed by atoms with Gasteiger partial charge in [0, 0.05) is 15.7 Å². The number of fused-ring (bicyclic) bond motifs is 1. The van der Waals surface area contributed by atoms with E-state index < -0.39 is 0 Å². The number of alkyl halides is 1. The lowest BCUT2D eigenvalue weighted by Crippen LogP contribution is -2.13. The maximum absolute atomic E-state index is 5.74. The Bertz CT molecular complexity index is 438. The molecule has 0 fully saturated rings. The molecule has 0 saturated carbocycles. The molecule has 100 valence electrons. The van der Waals surface area contributed by atoms with Crippen molar-refractivity contribution >= 4 is 31.9 Å². The van der Waals surface area contributed by atoms with Crippen molar-refractivity contribution in [2.45, 2.75) is 32.0 Å². The third-order valence-corrected chi connectivity index (χ3v) is 5.45. The highest BCUT2D eigenvalue weighted by Crippen LogP contribution is 2.46. The minimum Gasteiger partial charge on any atom is -0.490 e. The van der Waals surface area contributed by atoms with Crippen molar-refractivity contribution in [3.05, 3.63) is 22.2 Å². The van der Waals surface area contributed by atoms with Gasteiger partial charge in [0.15, 0.2) is 11.5 Å². The molecule has 0 N–H and O–H groups in total. The molecule has 4 heteroatoms. The minimum absolute atomic E-state index is 0.141. The zero-order valence-corrected chi connectivity index (χ0v) is 14.1. The molecule has 1 heterocycles. The van der Waals surface area contributed by atoms with Crippen LogP contribution in [0.3, 0.4) is 0 Å². The highest BCUT2D eigenvalue weighted by atomic mass is 79.9. The third-order valence-electron chi connectivity index (χ3n) is 2.90. The molecule has 18 heavy (non-hydrogen) atoms. The Labute approximate surface area is 125 Å². The quantitative estimate of drug-likeness (QED) is 0.634. The van der Waals surface area contributed by atoms with Crippen LogP contribution in [-0.4, -0.2) is 13.2 Å². The van der Waals surface area contributed by atoms with Gasteiger partial charge in [-0.1, -0.05) is 52.6 Å². The molecule has 1 aliphatic heterocycles. The molecule has 1 atom stereocenters. The van der Waals surface area contributed by atoms with Crippen molar-refractivity contribution in [2.24, 2.45) is 5.41 Å². The van der Waals surface area contributed by atoms with Crippen molar-refractivity contribution in [1.82, 2.24) is 0 Å². The highest BCUT2D eigenvalue weighted by molar-refractivity contribution is 9.11. The highest BCUT2D eigenvalue weighted by Gasteiger charge is 2.27. The topological polar surface area (TPSA) is 18.5 Å². The zero-order chi connectivity index (χ0) is 13.3. The van der Waals surface area contributed by atoms with Crippen LogP contribution in [-0.2, 0) is 0 Å². The van der Waals surface area contributed by atoms with Crippen LogP contribution in [0.1, 0.15) is 37.6 Å². The summed E-state index contributed by atoms with van der Waals surface area (Å²) in [5.41, 5.74) is 1.34. The van der Waals surface area contributed by atoms with Crippen molar-refractivity contribution in [3.63, 3.8) is 0 Å². The summed E-state index contributed by atoms with van der Waals surface area (Å²) in [6.45, 7) is 8.07. The van der Waals surface area contributed by atoms with Crippen LogP contribution in [0.2, 0.25) is 0 Å². The van der Waals surface area contributed by atoms with E-state index in [4.69, 9.17) is 9.47 Å². The fourth-order valence-corrected chi connectivity index (χ4v) is 3.10. The van der Waals surface area contributed by atoms with Gasteiger partial charge in [0.1, 0.15) is 0 Å². The van der Waals surface area contributed by atoms with Gasteiger partial charge in [-0.3, -0.25) is 0 Å². The maximum atomic E-state index is 5.74. The molecule has 0 aliphatic carbocycles. The van der Waals surface area contributed by atoms with Crippen LogP contribution < -0.4 is 9.47 Å². The fourth-order valence-electron chi connectivity index (χ4n) is 1.86. The summed E-state index contributed by atoms with van der Waals surface area (Å²) in [6, 6.07) is 4.09. The number of hydrogen-bond donors (Lipinski definition) is 0. The van der Waals surface area contributed by atoms with Crippen molar-refractivity contribution in [1.29, 1.82) is 0 Å². The first-order valence-corrected chi connectivity index (χ1v) is 7.83. The molecule has 2 rings (SSSR count). The molecule has 0 radical (unpaired) electrons. The first kappa shape index (κ1) is 14.2. The standard InChI is InChI=1S/C14H18Br2O2/c1-14(2,3)13(16)9-7-11-12(8-10(9)15)18-6-4-5-17-11/h7-8,13H,4-6H2,1-3H3. The number of rotatable bonds is 1. The molecule has 1 aromatic carbocycles. The molecule has 1 aromatic rings. The SMILES string of the molecule is CC(C)(C)C(Br)c1cc2c(cc1Br)OCCCO2. The fraction of sp³-hybridized carbons (Fsp3) is 0.571. The maximum Gasteiger partial charge on any atom is 0.162 e. The van der Waals surface area contributed by atoms with Gasteiger partial charge in [-0.05, 0) is 23.1 Å². The summed E-state index contributed by atoms with van der Waals surface area (Å²) in [6.07, 6.45) is 0.929. The number of benzene rings is 1. The third kappa shape index (κ3) is 3.02. The lowest BCUT2D eigenvalue weighted by molar-refractivity contribution is 0.297. The molecule has 0 saturated heterocycles.